The zero-order valence-corrected chi connectivity index (χ0v) is 16.7. The van der Waals surface area contributed by atoms with Crippen molar-refractivity contribution < 1.29 is 35.2 Å². The fourth-order valence-corrected chi connectivity index (χ4v) is 4.19. The van der Waals surface area contributed by atoms with Gasteiger partial charge in [-0.1, -0.05) is 11.6 Å². The van der Waals surface area contributed by atoms with E-state index in [-0.39, 0.29) is 5.69 Å². The van der Waals surface area contributed by atoms with Crippen LogP contribution in [0, 0.1) is 23.0 Å². The second kappa shape index (κ2) is 8.21. The quantitative estimate of drug-likeness (QED) is 0.654. The first-order valence-electron chi connectivity index (χ1n) is 7.84. The second-order valence-corrected chi connectivity index (χ2v) is 8.00. The first-order chi connectivity index (χ1) is 13.7. The van der Waals surface area contributed by atoms with Crippen LogP contribution in [0.25, 0.3) is 0 Å². The summed E-state index contributed by atoms with van der Waals surface area (Å²) in [6.45, 7) is 0.501. The molecule has 0 fully saturated rings. The molecular weight excluding hydrogens is 459 g/mol. The Morgan fingerprint density at radius 1 is 1.30 bits per heavy atom. The van der Waals surface area contributed by atoms with Crippen molar-refractivity contribution in [2.24, 2.45) is 7.05 Å². The Morgan fingerprint density at radius 3 is 2.43 bits per heavy atom. The van der Waals surface area contributed by atoms with Crippen molar-refractivity contribution in [2.45, 2.75) is 24.0 Å². The van der Waals surface area contributed by atoms with Crippen LogP contribution in [-0.4, -0.2) is 31.1 Å². The van der Waals surface area contributed by atoms with Gasteiger partial charge in [-0.05, 0) is 25.1 Å². The third kappa shape index (κ3) is 4.55. The highest BCUT2D eigenvalue weighted by Crippen LogP contribution is 2.31. The maximum atomic E-state index is 14.8. The van der Waals surface area contributed by atoms with Crippen LogP contribution in [0.1, 0.15) is 23.0 Å². The van der Waals surface area contributed by atoms with E-state index >= 15 is 0 Å². The fraction of sp³-hybridized carbons (Fsp3) is 0.250. The summed E-state index contributed by atoms with van der Waals surface area (Å²) in [5, 5.41) is 10.1. The van der Waals surface area contributed by atoms with E-state index in [1.54, 1.807) is 0 Å². The molecule has 0 aliphatic carbocycles. The molecule has 0 bridgehead atoms. The van der Waals surface area contributed by atoms with Gasteiger partial charge in [0.25, 0.3) is 5.91 Å². The maximum Gasteiger partial charge on any atom is 0.404 e. The highest BCUT2D eigenvalue weighted by atomic mass is 35.5. The average Bonchev–Trinajstić information content (AvgIpc) is 2.84. The van der Waals surface area contributed by atoms with Crippen LogP contribution >= 0.6 is 11.6 Å². The molecule has 0 unspecified atom stereocenters. The number of nitriles is 1. The van der Waals surface area contributed by atoms with E-state index in [1.165, 1.54) is 10.8 Å². The lowest BCUT2D eigenvalue weighted by atomic mass is 10.2. The van der Waals surface area contributed by atoms with E-state index in [0.29, 0.717) is 11.5 Å². The van der Waals surface area contributed by atoms with Gasteiger partial charge in [-0.2, -0.15) is 23.2 Å². The van der Waals surface area contributed by atoms with Crippen LogP contribution < -0.4 is 10.0 Å². The van der Waals surface area contributed by atoms with Crippen LogP contribution in [0.15, 0.2) is 23.1 Å². The van der Waals surface area contributed by atoms with E-state index in [1.807, 2.05) is 0 Å². The predicted octanol–water partition coefficient (Wildman–Crippen LogP) is 3.31. The summed E-state index contributed by atoms with van der Waals surface area (Å²) in [5.41, 5.74) is -1.46. The number of amides is 1. The normalized spacial score (nSPS) is 13.0. The molecular formula is C16H12ClF5N4O3S. The predicted molar refractivity (Wildman–Crippen MR) is 95.3 cm³/mol. The minimum atomic E-state index is -5.10. The molecule has 0 saturated carbocycles. The first kappa shape index (κ1) is 23.6. The van der Waals surface area contributed by atoms with Gasteiger partial charge in [0.1, 0.15) is 28.8 Å². The molecule has 2 N–H and O–H groups in total. The largest absolute Gasteiger partial charge is 0.404 e. The summed E-state index contributed by atoms with van der Waals surface area (Å²) in [5.74, 6) is -3.80. The third-order valence-corrected chi connectivity index (χ3v) is 6.00. The molecule has 0 aliphatic heterocycles. The van der Waals surface area contributed by atoms with Crippen molar-refractivity contribution in [3.05, 3.63) is 46.2 Å². The molecule has 1 aromatic heterocycles. The highest BCUT2D eigenvalue weighted by Gasteiger charge is 2.41. The number of hydrogen-bond donors (Lipinski definition) is 2. The minimum absolute atomic E-state index is 0.122. The van der Waals surface area contributed by atoms with Gasteiger partial charge in [0.05, 0.1) is 5.56 Å². The van der Waals surface area contributed by atoms with Gasteiger partial charge in [0.2, 0.25) is 10.0 Å². The number of nitrogens with one attached hydrogen (secondary N) is 2. The van der Waals surface area contributed by atoms with Crippen molar-refractivity contribution in [3.63, 3.8) is 0 Å². The van der Waals surface area contributed by atoms with Gasteiger partial charge >= 0.3 is 6.18 Å². The lowest BCUT2D eigenvalue weighted by Gasteiger charge is -2.17. The minimum Gasteiger partial charge on any atom is -0.327 e. The molecule has 0 radical (unpaired) electrons. The van der Waals surface area contributed by atoms with E-state index in [0.717, 1.165) is 25.2 Å². The van der Waals surface area contributed by atoms with Gasteiger partial charge in [0.15, 0.2) is 10.7 Å². The molecule has 1 aromatic carbocycles. The summed E-state index contributed by atoms with van der Waals surface area (Å²) in [6.07, 6.45) is -4.95. The molecule has 7 nitrogen and oxygen atoms in total. The molecule has 0 aliphatic rings. The number of nitrogens with zero attached hydrogens (tertiary/aromatic N) is 2. The van der Waals surface area contributed by atoms with Crippen LogP contribution in [-0.2, 0) is 17.1 Å². The fourth-order valence-electron chi connectivity index (χ4n) is 2.31. The number of benzene rings is 1. The Kier molecular flexibility index (Phi) is 6.45. The lowest BCUT2D eigenvalue weighted by Crippen LogP contribution is -2.43. The van der Waals surface area contributed by atoms with Crippen LogP contribution in [0.2, 0.25) is 5.15 Å². The van der Waals surface area contributed by atoms with Crippen molar-refractivity contribution in [3.8, 4) is 6.07 Å². The van der Waals surface area contributed by atoms with Crippen molar-refractivity contribution in [2.75, 3.05) is 5.32 Å². The van der Waals surface area contributed by atoms with Crippen molar-refractivity contribution >= 4 is 33.2 Å². The van der Waals surface area contributed by atoms with Gasteiger partial charge < -0.3 is 9.88 Å². The Hall–Kier alpha value is -2.69. The second-order valence-electron chi connectivity index (χ2n) is 5.99. The molecule has 1 heterocycles. The molecule has 14 heteroatoms. The Morgan fingerprint density at radius 2 is 1.90 bits per heavy atom. The monoisotopic (exact) mass is 470 g/mol. The molecule has 2 aromatic rings. The number of sulfonamides is 1. The van der Waals surface area contributed by atoms with Crippen LogP contribution in [0.3, 0.4) is 0 Å². The molecule has 1 atom stereocenters. The first-order valence-corrected chi connectivity index (χ1v) is 9.70. The number of alkyl halides is 3. The zero-order valence-electron chi connectivity index (χ0n) is 15.1. The van der Waals surface area contributed by atoms with E-state index in [4.69, 9.17) is 16.9 Å². The number of aromatic nitrogens is 1. The Labute approximate surface area is 172 Å². The maximum absolute atomic E-state index is 14.8. The summed E-state index contributed by atoms with van der Waals surface area (Å²) >= 11 is 5.77. The Bertz CT molecular complexity index is 1160. The van der Waals surface area contributed by atoms with Crippen LogP contribution in [0.5, 0.6) is 0 Å². The highest BCUT2D eigenvalue weighted by molar-refractivity contribution is 7.89. The molecule has 2 rings (SSSR count). The third-order valence-electron chi connectivity index (χ3n) is 3.88. The lowest BCUT2D eigenvalue weighted by molar-refractivity contribution is -0.147. The zero-order chi connectivity index (χ0) is 23.0. The van der Waals surface area contributed by atoms with Gasteiger partial charge in [-0.25, -0.2) is 17.2 Å². The van der Waals surface area contributed by atoms with E-state index < -0.39 is 61.1 Å². The molecule has 162 valence electrons. The van der Waals surface area contributed by atoms with Gasteiger partial charge in [-0.3, -0.25) is 4.79 Å². The number of carbonyl (C=O) groups excluding carboxylic acids is 1. The molecule has 0 spiro atoms. The average molecular weight is 471 g/mol. The topological polar surface area (TPSA) is 104 Å². The summed E-state index contributed by atoms with van der Waals surface area (Å²) in [7, 11) is -4.09. The molecule has 30 heavy (non-hydrogen) atoms. The van der Waals surface area contributed by atoms with Crippen molar-refractivity contribution in [1.29, 1.82) is 5.26 Å². The van der Waals surface area contributed by atoms with Gasteiger partial charge in [-0.15, -0.1) is 0 Å². The molecule has 0 saturated heterocycles. The number of rotatable bonds is 5. The number of carbonyl (C=O) groups is 1. The van der Waals surface area contributed by atoms with E-state index in [9.17, 15) is 35.2 Å². The van der Waals surface area contributed by atoms with Crippen molar-refractivity contribution in [1.82, 2.24) is 9.29 Å². The number of hydrogen-bond acceptors (Lipinski definition) is 4. The SMILES string of the molecule is C[C@@H](NS(=O)(=O)c1c(F)c(C(=O)Nc2ccc(F)c(C#N)c2)n(C)c1Cl)C(F)(F)F. The van der Waals surface area contributed by atoms with Gasteiger partial charge in [0, 0.05) is 12.7 Å². The number of halogens is 6. The standard InChI is InChI=1S/C16H12ClF5N4O3S/c1-7(16(20,21)22)25-30(28,29)13-11(19)12(26(2)14(13)17)15(27)24-9-3-4-10(18)8(5-9)6-23/h3-5,7,25H,1-2H3,(H,24,27)/t7-/m1/s1. The summed E-state index contributed by atoms with van der Waals surface area (Å²) in [6, 6.07) is 1.83. The van der Waals surface area contributed by atoms with E-state index in [2.05, 4.69) is 5.32 Å². The molecule has 1 amide bonds. The number of anilines is 1. The smallest absolute Gasteiger partial charge is 0.327 e. The summed E-state index contributed by atoms with van der Waals surface area (Å²) in [4.78, 5) is 11.1. The van der Waals surface area contributed by atoms with Crippen LogP contribution in [0.4, 0.5) is 27.6 Å². The Balaban J connectivity index is 2.45. The summed E-state index contributed by atoms with van der Waals surface area (Å²) < 4.78 is 92.5.